The molecule has 10 heteroatoms. The molecule has 4 aromatic carbocycles. The Morgan fingerprint density at radius 1 is 0.861 bits per heavy atom. The van der Waals surface area contributed by atoms with Gasteiger partial charge in [0.15, 0.2) is 11.5 Å². The quantitative estimate of drug-likeness (QED) is 0.336. The Balaban J connectivity index is 1.93. The van der Waals surface area contributed by atoms with Gasteiger partial charge in [-0.1, -0.05) is 30.3 Å². The Morgan fingerprint density at radius 3 is 2.19 bits per heavy atom. The van der Waals surface area contributed by atoms with Crippen LogP contribution in [0.2, 0.25) is 0 Å². The minimum absolute atomic E-state index is 0.0788. The van der Waals surface area contributed by atoms with E-state index < -0.39 is 27.4 Å². The molecule has 0 spiro atoms. The van der Waals surface area contributed by atoms with Gasteiger partial charge in [0.25, 0.3) is 10.0 Å². The molecule has 2 N–H and O–H groups in total. The van der Waals surface area contributed by atoms with Crippen LogP contribution < -0.4 is 18.9 Å². The van der Waals surface area contributed by atoms with Crippen molar-refractivity contribution >= 4 is 32.5 Å². The summed E-state index contributed by atoms with van der Waals surface area (Å²) in [7, 11) is 0.237. The number of sulfonamides is 1. The predicted molar refractivity (Wildman–Crippen MR) is 133 cm³/mol. The molecule has 0 aromatic heterocycles. The van der Waals surface area contributed by atoms with Crippen molar-refractivity contribution in [1.29, 1.82) is 0 Å². The number of halogens is 1. The number of hydrogen-bond donors (Lipinski definition) is 2. The summed E-state index contributed by atoms with van der Waals surface area (Å²) in [6.07, 6.45) is 0. The Morgan fingerprint density at radius 2 is 1.56 bits per heavy atom. The van der Waals surface area contributed by atoms with E-state index in [-0.39, 0.29) is 10.6 Å². The van der Waals surface area contributed by atoms with Crippen LogP contribution in [0, 0.1) is 5.82 Å². The van der Waals surface area contributed by atoms with Crippen LogP contribution in [0.5, 0.6) is 17.2 Å². The molecule has 8 nitrogen and oxygen atoms in total. The second kappa shape index (κ2) is 9.74. The summed E-state index contributed by atoms with van der Waals surface area (Å²) in [5.41, 5.74) is 0.340. The summed E-state index contributed by atoms with van der Waals surface area (Å²) in [6.45, 7) is 0. The standard InChI is InChI=1S/C26H22FNO7S/c1-33-22-11-8-15(12-23(22)34-2)19-14-24(17-6-4-5-7-18(17)25(19)35-3)36(31,32)28-16-9-10-21(27)20(13-16)26(29)30/h4-14,28H,1-3H3,(H,29,30). The van der Waals surface area contributed by atoms with Gasteiger partial charge < -0.3 is 19.3 Å². The van der Waals surface area contributed by atoms with Gasteiger partial charge >= 0.3 is 5.97 Å². The average Bonchev–Trinajstić information content (AvgIpc) is 2.87. The third kappa shape index (κ3) is 4.50. The number of carboxylic acid groups (broad SMARTS) is 1. The van der Waals surface area contributed by atoms with Crippen molar-refractivity contribution in [3.63, 3.8) is 0 Å². The smallest absolute Gasteiger partial charge is 0.338 e. The first kappa shape index (κ1) is 24.8. The molecule has 0 atom stereocenters. The van der Waals surface area contributed by atoms with Crippen LogP contribution >= 0.6 is 0 Å². The van der Waals surface area contributed by atoms with Gasteiger partial charge in [0, 0.05) is 22.0 Å². The maximum atomic E-state index is 13.8. The zero-order valence-corrected chi connectivity index (χ0v) is 20.4. The third-order valence-corrected chi connectivity index (χ3v) is 7.02. The normalized spacial score (nSPS) is 11.2. The SMILES string of the molecule is COc1ccc(-c2cc(S(=O)(=O)Nc3ccc(F)c(C(=O)O)c3)c3ccccc3c2OC)cc1OC. The van der Waals surface area contributed by atoms with Crippen LogP contribution in [0.25, 0.3) is 21.9 Å². The van der Waals surface area contributed by atoms with Crippen molar-refractivity contribution in [1.82, 2.24) is 0 Å². The molecule has 0 bridgehead atoms. The highest BCUT2D eigenvalue weighted by Crippen LogP contribution is 2.43. The lowest BCUT2D eigenvalue weighted by atomic mass is 9.99. The summed E-state index contributed by atoms with van der Waals surface area (Å²) in [5.74, 6) is -1.09. The zero-order chi connectivity index (χ0) is 26.0. The van der Waals surface area contributed by atoms with E-state index in [0.29, 0.717) is 39.1 Å². The molecule has 0 radical (unpaired) electrons. The van der Waals surface area contributed by atoms with Crippen molar-refractivity contribution in [2.75, 3.05) is 26.1 Å². The summed E-state index contributed by atoms with van der Waals surface area (Å²) in [6, 6.07) is 16.4. The molecule has 0 heterocycles. The Bertz CT molecular complexity index is 1590. The molecule has 0 aliphatic heterocycles. The predicted octanol–water partition coefficient (Wildman–Crippen LogP) is 5.17. The largest absolute Gasteiger partial charge is 0.495 e. The van der Waals surface area contributed by atoms with Gasteiger partial charge in [-0.3, -0.25) is 4.72 Å². The lowest BCUT2D eigenvalue weighted by Crippen LogP contribution is -2.15. The number of fused-ring (bicyclic) bond motifs is 1. The molecule has 0 saturated heterocycles. The van der Waals surface area contributed by atoms with Crippen LogP contribution in [0.4, 0.5) is 10.1 Å². The molecule has 0 aliphatic carbocycles. The van der Waals surface area contributed by atoms with Crippen LogP contribution in [0.1, 0.15) is 10.4 Å². The first-order valence-electron chi connectivity index (χ1n) is 10.6. The first-order chi connectivity index (χ1) is 17.2. The number of rotatable bonds is 8. The number of aromatic carboxylic acids is 1. The number of ether oxygens (including phenoxy) is 3. The van der Waals surface area contributed by atoms with E-state index in [9.17, 15) is 22.7 Å². The van der Waals surface area contributed by atoms with Gasteiger partial charge in [-0.25, -0.2) is 17.6 Å². The number of hydrogen-bond acceptors (Lipinski definition) is 6. The van der Waals surface area contributed by atoms with Crippen molar-refractivity contribution < 1.29 is 36.9 Å². The molecule has 4 aromatic rings. The van der Waals surface area contributed by atoms with Crippen molar-refractivity contribution in [3.8, 4) is 28.4 Å². The van der Waals surface area contributed by atoms with E-state index >= 15 is 0 Å². The molecule has 4 rings (SSSR count). The van der Waals surface area contributed by atoms with E-state index in [2.05, 4.69) is 4.72 Å². The van der Waals surface area contributed by atoms with E-state index in [0.717, 1.165) is 18.2 Å². The zero-order valence-electron chi connectivity index (χ0n) is 19.5. The highest BCUT2D eigenvalue weighted by Gasteiger charge is 2.24. The summed E-state index contributed by atoms with van der Waals surface area (Å²) in [5, 5.41) is 10.1. The van der Waals surface area contributed by atoms with Crippen LogP contribution in [0.3, 0.4) is 0 Å². The second-order valence-electron chi connectivity index (χ2n) is 7.68. The molecule has 0 fully saturated rings. The number of carbonyl (C=O) groups is 1. The fraction of sp³-hybridized carbons (Fsp3) is 0.115. The fourth-order valence-electron chi connectivity index (χ4n) is 3.94. The van der Waals surface area contributed by atoms with E-state index in [4.69, 9.17) is 14.2 Å². The van der Waals surface area contributed by atoms with Gasteiger partial charge in [0.2, 0.25) is 0 Å². The van der Waals surface area contributed by atoms with Crippen LogP contribution in [-0.2, 0) is 10.0 Å². The lowest BCUT2D eigenvalue weighted by Gasteiger charge is -2.18. The van der Waals surface area contributed by atoms with Crippen molar-refractivity contribution in [2.45, 2.75) is 4.90 Å². The molecule has 0 saturated carbocycles. The third-order valence-electron chi connectivity index (χ3n) is 5.59. The molecule has 0 aliphatic rings. The molecular formula is C26H22FNO7S. The van der Waals surface area contributed by atoms with Crippen LogP contribution in [0.15, 0.2) is 71.6 Å². The Labute approximate surface area is 206 Å². The topological polar surface area (TPSA) is 111 Å². The van der Waals surface area contributed by atoms with Crippen LogP contribution in [-0.4, -0.2) is 40.8 Å². The highest BCUT2D eigenvalue weighted by molar-refractivity contribution is 7.93. The number of methoxy groups -OCH3 is 3. The maximum absolute atomic E-state index is 13.8. The van der Waals surface area contributed by atoms with Gasteiger partial charge in [0.05, 0.1) is 31.8 Å². The van der Waals surface area contributed by atoms with E-state index in [1.54, 1.807) is 42.5 Å². The van der Waals surface area contributed by atoms with Crippen molar-refractivity contribution in [2.24, 2.45) is 0 Å². The Hall–Kier alpha value is -4.31. The number of anilines is 1. The van der Waals surface area contributed by atoms with E-state index in [1.807, 2.05) is 0 Å². The molecule has 186 valence electrons. The maximum Gasteiger partial charge on any atom is 0.338 e. The number of carboxylic acids is 1. The average molecular weight is 512 g/mol. The monoisotopic (exact) mass is 511 g/mol. The van der Waals surface area contributed by atoms with Crippen molar-refractivity contribution in [3.05, 3.63) is 78.1 Å². The summed E-state index contributed by atoms with van der Waals surface area (Å²) in [4.78, 5) is 11.2. The van der Waals surface area contributed by atoms with Gasteiger partial charge in [0.1, 0.15) is 11.6 Å². The molecule has 0 unspecified atom stereocenters. The minimum Gasteiger partial charge on any atom is -0.495 e. The summed E-state index contributed by atoms with van der Waals surface area (Å²) < 4.78 is 59.7. The van der Waals surface area contributed by atoms with E-state index in [1.165, 1.54) is 27.4 Å². The number of nitrogens with one attached hydrogen (secondary N) is 1. The lowest BCUT2D eigenvalue weighted by molar-refractivity contribution is 0.0692. The number of benzene rings is 4. The highest BCUT2D eigenvalue weighted by atomic mass is 32.2. The molecule has 36 heavy (non-hydrogen) atoms. The molecule has 0 amide bonds. The molecular weight excluding hydrogens is 489 g/mol. The van der Waals surface area contributed by atoms with Gasteiger partial charge in [-0.05, 0) is 42.0 Å². The fourth-order valence-corrected chi connectivity index (χ4v) is 5.23. The summed E-state index contributed by atoms with van der Waals surface area (Å²) >= 11 is 0. The minimum atomic E-state index is -4.26. The Kier molecular flexibility index (Phi) is 6.71. The first-order valence-corrected chi connectivity index (χ1v) is 12.1. The van der Waals surface area contributed by atoms with Gasteiger partial charge in [-0.15, -0.1) is 0 Å². The van der Waals surface area contributed by atoms with Gasteiger partial charge in [-0.2, -0.15) is 0 Å². The second-order valence-corrected chi connectivity index (χ2v) is 9.33.